The number of ether oxygens (including phenoxy) is 1. The van der Waals surface area contributed by atoms with Gasteiger partial charge in [-0.3, -0.25) is 4.98 Å². The van der Waals surface area contributed by atoms with Gasteiger partial charge < -0.3 is 15.8 Å². The van der Waals surface area contributed by atoms with Crippen molar-refractivity contribution in [3.8, 4) is 22.5 Å². The molecule has 0 atom stereocenters. The molecule has 30 heavy (non-hydrogen) atoms. The van der Waals surface area contributed by atoms with Gasteiger partial charge in [0, 0.05) is 42.0 Å². The highest BCUT2D eigenvalue weighted by Gasteiger charge is 2.19. The number of nitrogen functional groups attached to an aromatic ring is 1. The number of nitrogens with one attached hydrogen (secondary N) is 1. The fourth-order valence-electron chi connectivity index (χ4n) is 3.81. The first-order chi connectivity index (χ1) is 14.8. The Morgan fingerprint density at radius 1 is 0.867 bits per heavy atom. The summed E-state index contributed by atoms with van der Waals surface area (Å²) in [6.45, 7) is 1.50. The lowest BCUT2D eigenvalue weighted by molar-refractivity contribution is 0.0904. The van der Waals surface area contributed by atoms with Gasteiger partial charge in [-0.05, 0) is 31.0 Å². The summed E-state index contributed by atoms with van der Waals surface area (Å²) < 4.78 is 5.47. The fraction of sp³-hybridized carbons (Fsp3) is 0.208. The zero-order valence-electron chi connectivity index (χ0n) is 16.6. The molecule has 1 aliphatic rings. The molecule has 5 rings (SSSR count). The molecular weight excluding hydrogens is 374 g/mol. The molecular formula is C24H23N5O. The smallest absolute Gasteiger partial charge is 0.169 e. The second-order valence-electron chi connectivity index (χ2n) is 7.46. The first kappa shape index (κ1) is 18.5. The minimum Gasteiger partial charge on any atom is -0.381 e. The number of hydrogen-bond acceptors (Lipinski definition) is 6. The van der Waals surface area contributed by atoms with E-state index in [4.69, 9.17) is 20.4 Å². The van der Waals surface area contributed by atoms with Crippen LogP contribution in [0.5, 0.6) is 0 Å². The maximum Gasteiger partial charge on any atom is 0.169 e. The zero-order valence-corrected chi connectivity index (χ0v) is 16.6. The van der Waals surface area contributed by atoms with E-state index in [1.165, 1.54) is 0 Å². The number of hydrogen-bond donors (Lipinski definition) is 2. The SMILES string of the molecule is Nc1nc(-c2ccccc2)c(-c2ccc3ncccc3c2)nc1NC1CCOCC1. The van der Waals surface area contributed by atoms with Crippen LogP contribution in [0.4, 0.5) is 11.6 Å². The van der Waals surface area contributed by atoms with Crippen LogP contribution >= 0.6 is 0 Å². The molecule has 4 aromatic rings. The van der Waals surface area contributed by atoms with Crippen LogP contribution in [0.3, 0.4) is 0 Å². The maximum absolute atomic E-state index is 6.34. The number of pyridine rings is 1. The van der Waals surface area contributed by atoms with Crippen molar-refractivity contribution < 1.29 is 4.74 Å². The predicted molar refractivity (Wildman–Crippen MR) is 120 cm³/mol. The fourth-order valence-corrected chi connectivity index (χ4v) is 3.81. The van der Waals surface area contributed by atoms with E-state index in [2.05, 4.69) is 22.4 Å². The summed E-state index contributed by atoms with van der Waals surface area (Å²) in [5, 5.41) is 4.55. The third-order valence-electron chi connectivity index (χ3n) is 5.41. The van der Waals surface area contributed by atoms with E-state index in [0.29, 0.717) is 11.6 Å². The summed E-state index contributed by atoms with van der Waals surface area (Å²) >= 11 is 0. The molecule has 3 heterocycles. The maximum atomic E-state index is 6.34. The zero-order chi connectivity index (χ0) is 20.3. The van der Waals surface area contributed by atoms with Crippen LogP contribution in [0.1, 0.15) is 12.8 Å². The van der Waals surface area contributed by atoms with Crippen molar-refractivity contribution >= 4 is 22.5 Å². The van der Waals surface area contributed by atoms with Gasteiger partial charge in [-0.25, -0.2) is 9.97 Å². The third kappa shape index (κ3) is 3.69. The molecule has 6 heteroatoms. The van der Waals surface area contributed by atoms with Gasteiger partial charge in [0.05, 0.1) is 16.9 Å². The average Bonchev–Trinajstić information content (AvgIpc) is 2.81. The molecule has 150 valence electrons. The van der Waals surface area contributed by atoms with Gasteiger partial charge in [-0.15, -0.1) is 0 Å². The monoisotopic (exact) mass is 397 g/mol. The largest absolute Gasteiger partial charge is 0.381 e. The predicted octanol–water partition coefficient (Wildman–Crippen LogP) is 4.53. The van der Waals surface area contributed by atoms with Gasteiger partial charge in [0.15, 0.2) is 11.6 Å². The molecule has 1 aliphatic heterocycles. The first-order valence-electron chi connectivity index (χ1n) is 10.2. The van der Waals surface area contributed by atoms with Crippen molar-refractivity contribution in [1.82, 2.24) is 15.0 Å². The van der Waals surface area contributed by atoms with E-state index in [-0.39, 0.29) is 6.04 Å². The second kappa shape index (κ2) is 8.08. The van der Waals surface area contributed by atoms with Crippen LogP contribution in [0.2, 0.25) is 0 Å². The number of nitrogens with zero attached hydrogens (tertiary/aromatic N) is 3. The molecule has 0 bridgehead atoms. The molecule has 0 radical (unpaired) electrons. The van der Waals surface area contributed by atoms with Crippen molar-refractivity contribution in [2.24, 2.45) is 0 Å². The standard InChI is InChI=1S/C24H23N5O/c25-23-24(27-19-10-13-30-14-11-19)29-22(21(28-23)16-5-2-1-3-6-16)18-8-9-20-17(15-18)7-4-12-26-20/h1-9,12,15,19H,10-11,13-14H2,(H2,25,28)(H,27,29). The van der Waals surface area contributed by atoms with E-state index in [9.17, 15) is 0 Å². The molecule has 2 aromatic heterocycles. The number of rotatable bonds is 4. The van der Waals surface area contributed by atoms with Crippen molar-refractivity contribution in [3.05, 3.63) is 66.9 Å². The lowest BCUT2D eigenvalue weighted by Crippen LogP contribution is -2.28. The minimum atomic E-state index is 0.284. The van der Waals surface area contributed by atoms with Gasteiger partial charge in [0.1, 0.15) is 0 Å². The molecule has 0 unspecified atom stereocenters. The van der Waals surface area contributed by atoms with E-state index in [0.717, 1.165) is 59.5 Å². The number of nitrogens with two attached hydrogens (primary N) is 1. The topological polar surface area (TPSA) is 86.0 Å². The van der Waals surface area contributed by atoms with E-state index < -0.39 is 0 Å². The van der Waals surface area contributed by atoms with Gasteiger partial charge in [-0.2, -0.15) is 0 Å². The Hall–Kier alpha value is -3.51. The van der Waals surface area contributed by atoms with Crippen LogP contribution in [-0.2, 0) is 4.74 Å². The first-order valence-corrected chi connectivity index (χ1v) is 10.2. The molecule has 3 N–H and O–H groups in total. The Kier molecular flexibility index (Phi) is 4.99. The average molecular weight is 397 g/mol. The summed E-state index contributed by atoms with van der Waals surface area (Å²) in [5.74, 6) is 1.04. The highest BCUT2D eigenvalue weighted by atomic mass is 16.5. The summed E-state index contributed by atoms with van der Waals surface area (Å²) in [4.78, 5) is 14.2. The van der Waals surface area contributed by atoms with Crippen molar-refractivity contribution in [3.63, 3.8) is 0 Å². The normalized spacial score (nSPS) is 14.7. The summed E-state index contributed by atoms with van der Waals surface area (Å²) in [6.07, 6.45) is 3.66. The van der Waals surface area contributed by atoms with Crippen molar-refractivity contribution in [2.45, 2.75) is 18.9 Å². The Bertz CT molecular complexity index is 1170. The molecule has 0 aliphatic carbocycles. The van der Waals surface area contributed by atoms with Crippen LogP contribution in [0.15, 0.2) is 66.9 Å². The summed E-state index contributed by atoms with van der Waals surface area (Å²) in [6, 6.07) is 20.5. The molecule has 6 nitrogen and oxygen atoms in total. The number of fused-ring (bicyclic) bond motifs is 1. The number of benzene rings is 2. The van der Waals surface area contributed by atoms with E-state index in [1.807, 2.05) is 48.5 Å². The van der Waals surface area contributed by atoms with Gasteiger partial charge in [-0.1, -0.05) is 42.5 Å². The highest BCUT2D eigenvalue weighted by Crippen LogP contribution is 2.34. The van der Waals surface area contributed by atoms with Crippen LogP contribution < -0.4 is 11.1 Å². The Morgan fingerprint density at radius 3 is 2.50 bits per heavy atom. The van der Waals surface area contributed by atoms with Crippen molar-refractivity contribution in [2.75, 3.05) is 24.3 Å². The van der Waals surface area contributed by atoms with E-state index in [1.54, 1.807) is 6.20 Å². The Morgan fingerprint density at radius 2 is 1.67 bits per heavy atom. The highest BCUT2D eigenvalue weighted by molar-refractivity contribution is 5.88. The van der Waals surface area contributed by atoms with Gasteiger partial charge >= 0.3 is 0 Å². The molecule has 1 saturated heterocycles. The molecule has 0 spiro atoms. The van der Waals surface area contributed by atoms with Crippen LogP contribution in [-0.4, -0.2) is 34.2 Å². The lowest BCUT2D eigenvalue weighted by Gasteiger charge is -2.24. The van der Waals surface area contributed by atoms with Crippen molar-refractivity contribution in [1.29, 1.82) is 0 Å². The van der Waals surface area contributed by atoms with E-state index >= 15 is 0 Å². The Labute approximate surface area is 175 Å². The lowest BCUT2D eigenvalue weighted by atomic mass is 10.0. The minimum absolute atomic E-state index is 0.284. The molecule has 1 fully saturated rings. The molecule has 0 saturated carbocycles. The summed E-state index contributed by atoms with van der Waals surface area (Å²) in [5.41, 5.74) is 10.8. The number of aromatic nitrogens is 3. The quantitative estimate of drug-likeness (QED) is 0.526. The summed E-state index contributed by atoms with van der Waals surface area (Å²) in [7, 11) is 0. The number of anilines is 2. The van der Waals surface area contributed by atoms with Gasteiger partial charge in [0.25, 0.3) is 0 Å². The Balaban J connectivity index is 1.64. The molecule has 2 aromatic carbocycles. The molecule has 0 amide bonds. The second-order valence-corrected chi connectivity index (χ2v) is 7.46. The third-order valence-corrected chi connectivity index (χ3v) is 5.41. The van der Waals surface area contributed by atoms with Crippen LogP contribution in [0, 0.1) is 0 Å². The van der Waals surface area contributed by atoms with Gasteiger partial charge in [0.2, 0.25) is 0 Å². The van der Waals surface area contributed by atoms with Crippen LogP contribution in [0.25, 0.3) is 33.4 Å².